The largest absolute Gasteiger partial charge is 0.381 e. The Balaban J connectivity index is 1.71. The van der Waals surface area contributed by atoms with Crippen molar-refractivity contribution in [2.45, 2.75) is 51.1 Å². The maximum atomic E-state index is 11.9. The molecule has 0 spiro atoms. The van der Waals surface area contributed by atoms with Gasteiger partial charge in [-0.3, -0.25) is 0 Å². The number of carbonyl (C=O) groups excluding carboxylic acids is 1. The first-order valence-electron chi connectivity index (χ1n) is 7.18. The van der Waals surface area contributed by atoms with Crippen LogP contribution in [0, 0.1) is 0 Å². The molecule has 1 fully saturated rings. The van der Waals surface area contributed by atoms with Crippen LogP contribution in [0.1, 0.15) is 38.2 Å². The number of urea groups is 1. The van der Waals surface area contributed by atoms with Crippen molar-refractivity contribution in [1.29, 1.82) is 0 Å². The first-order chi connectivity index (χ1) is 9.22. The number of amides is 2. The number of fused-ring (bicyclic) bond motifs is 1. The van der Waals surface area contributed by atoms with E-state index in [0.717, 1.165) is 37.1 Å². The Kier molecular flexibility index (Phi) is 3.32. The SMILES string of the molecule is CC1CCc2cccc(NC(=O)NC3CCC3)c2N1. The number of benzene rings is 1. The second-order valence-corrected chi connectivity index (χ2v) is 5.65. The minimum absolute atomic E-state index is 0.0851. The number of hydrogen-bond donors (Lipinski definition) is 3. The Morgan fingerprint density at radius 2 is 2.16 bits per heavy atom. The maximum absolute atomic E-state index is 11.9. The van der Waals surface area contributed by atoms with Crippen LogP contribution in [-0.4, -0.2) is 18.1 Å². The van der Waals surface area contributed by atoms with E-state index in [4.69, 9.17) is 0 Å². The van der Waals surface area contributed by atoms with Gasteiger partial charge in [0.2, 0.25) is 0 Å². The lowest BCUT2D eigenvalue weighted by atomic mass is 9.93. The quantitative estimate of drug-likeness (QED) is 0.764. The van der Waals surface area contributed by atoms with Crippen molar-refractivity contribution >= 4 is 17.4 Å². The Labute approximate surface area is 114 Å². The molecule has 0 aromatic heterocycles. The highest BCUT2D eigenvalue weighted by Gasteiger charge is 2.21. The van der Waals surface area contributed by atoms with Gasteiger partial charge in [0.05, 0.1) is 11.4 Å². The number of para-hydroxylation sites is 1. The molecule has 0 bridgehead atoms. The van der Waals surface area contributed by atoms with Crippen LogP contribution in [0.25, 0.3) is 0 Å². The Morgan fingerprint density at radius 3 is 2.89 bits per heavy atom. The first kappa shape index (κ1) is 12.3. The van der Waals surface area contributed by atoms with E-state index < -0.39 is 0 Å². The van der Waals surface area contributed by atoms with Gasteiger partial charge in [-0.1, -0.05) is 12.1 Å². The number of rotatable bonds is 2. The molecule has 1 aromatic carbocycles. The van der Waals surface area contributed by atoms with E-state index in [9.17, 15) is 4.79 Å². The highest BCUT2D eigenvalue weighted by atomic mass is 16.2. The van der Waals surface area contributed by atoms with Gasteiger partial charge in [-0.05, 0) is 50.7 Å². The molecule has 4 heteroatoms. The van der Waals surface area contributed by atoms with Crippen LogP contribution < -0.4 is 16.0 Å². The topological polar surface area (TPSA) is 53.2 Å². The minimum atomic E-state index is -0.0851. The molecule has 1 aliphatic carbocycles. The van der Waals surface area contributed by atoms with Crippen LogP contribution in [0.2, 0.25) is 0 Å². The fraction of sp³-hybridized carbons (Fsp3) is 0.533. The molecule has 0 radical (unpaired) electrons. The van der Waals surface area contributed by atoms with Gasteiger partial charge < -0.3 is 16.0 Å². The highest BCUT2D eigenvalue weighted by molar-refractivity contribution is 5.94. The van der Waals surface area contributed by atoms with E-state index in [1.54, 1.807) is 0 Å². The van der Waals surface area contributed by atoms with Crippen LogP contribution >= 0.6 is 0 Å². The van der Waals surface area contributed by atoms with E-state index in [-0.39, 0.29) is 6.03 Å². The normalized spacial score (nSPS) is 21.8. The van der Waals surface area contributed by atoms with Crippen molar-refractivity contribution in [3.05, 3.63) is 23.8 Å². The lowest BCUT2D eigenvalue weighted by molar-refractivity contribution is 0.240. The Bertz CT molecular complexity index is 482. The number of hydrogen-bond acceptors (Lipinski definition) is 2. The first-order valence-corrected chi connectivity index (χ1v) is 7.18. The summed E-state index contributed by atoms with van der Waals surface area (Å²) >= 11 is 0. The molecule has 1 heterocycles. The van der Waals surface area contributed by atoms with Crippen molar-refractivity contribution < 1.29 is 4.79 Å². The zero-order valence-corrected chi connectivity index (χ0v) is 11.3. The molecule has 2 aliphatic rings. The minimum Gasteiger partial charge on any atom is -0.381 e. The third-order valence-corrected chi connectivity index (χ3v) is 4.08. The molecular weight excluding hydrogens is 238 g/mol. The van der Waals surface area contributed by atoms with Crippen LogP contribution in [-0.2, 0) is 6.42 Å². The molecule has 19 heavy (non-hydrogen) atoms. The summed E-state index contributed by atoms with van der Waals surface area (Å²) in [5.41, 5.74) is 3.27. The standard InChI is InChI=1S/C15H21N3O/c1-10-8-9-11-4-2-7-13(14(11)16-10)18-15(19)17-12-5-3-6-12/h2,4,7,10,12,16H,3,5-6,8-9H2,1H3,(H2,17,18,19). The van der Waals surface area contributed by atoms with Gasteiger partial charge in [0.25, 0.3) is 0 Å². The number of carbonyl (C=O) groups is 1. The average molecular weight is 259 g/mol. The van der Waals surface area contributed by atoms with Crippen LogP contribution in [0.3, 0.4) is 0 Å². The van der Waals surface area contributed by atoms with Gasteiger partial charge in [-0.25, -0.2) is 4.79 Å². The van der Waals surface area contributed by atoms with Crippen molar-refractivity contribution in [3.63, 3.8) is 0 Å². The molecule has 1 atom stereocenters. The van der Waals surface area contributed by atoms with Crippen LogP contribution in [0.15, 0.2) is 18.2 Å². The second-order valence-electron chi connectivity index (χ2n) is 5.65. The molecule has 4 nitrogen and oxygen atoms in total. The van der Waals surface area contributed by atoms with E-state index in [1.807, 2.05) is 12.1 Å². The zero-order valence-electron chi connectivity index (χ0n) is 11.3. The fourth-order valence-electron chi connectivity index (χ4n) is 2.67. The van der Waals surface area contributed by atoms with Gasteiger partial charge in [-0.15, -0.1) is 0 Å². The van der Waals surface area contributed by atoms with Gasteiger partial charge in [0.1, 0.15) is 0 Å². The molecule has 1 aliphatic heterocycles. The van der Waals surface area contributed by atoms with Crippen molar-refractivity contribution in [2.24, 2.45) is 0 Å². The molecule has 1 saturated carbocycles. The molecular formula is C15H21N3O. The third-order valence-electron chi connectivity index (χ3n) is 4.08. The molecule has 3 N–H and O–H groups in total. The van der Waals surface area contributed by atoms with E-state index >= 15 is 0 Å². The Hall–Kier alpha value is -1.71. The third kappa shape index (κ3) is 2.67. The molecule has 2 amide bonds. The van der Waals surface area contributed by atoms with E-state index in [2.05, 4.69) is 28.9 Å². The predicted molar refractivity (Wildman–Crippen MR) is 77.6 cm³/mol. The zero-order chi connectivity index (χ0) is 13.2. The molecule has 1 unspecified atom stereocenters. The smallest absolute Gasteiger partial charge is 0.319 e. The van der Waals surface area contributed by atoms with Crippen molar-refractivity contribution in [1.82, 2.24) is 5.32 Å². The monoisotopic (exact) mass is 259 g/mol. The summed E-state index contributed by atoms with van der Waals surface area (Å²) in [5.74, 6) is 0. The van der Waals surface area contributed by atoms with Gasteiger partial charge >= 0.3 is 6.03 Å². The number of anilines is 2. The highest BCUT2D eigenvalue weighted by Crippen LogP contribution is 2.32. The summed E-state index contributed by atoms with van der Waals surface area (Å²) < 4.78 is 0. The molecule has 102 valence electrons. The molecule has 0 saturated heterocycles. The van der Waals surface area contributed by atoms with Gasteiger partial charge in [0, 0.05) is 12.1 Å². The summed E-state index contributed by atoms with van der Waals surface area (Å²) in [6.07, 6.45) is 5.66. The predicted octanol–water partition coefficient (Wildman–Crippen LogP) is 3.11. The van der Waals surface area contributed by atoms with Crippen molar-refractivity contribution in [2.75, 3.05) is 10.6 Å². The fourth-order valence-corrected chi connectivity index (χ4v) is 2.67. The lowest BCUT2D eigenvalue weighted by Crippen LogP contribution is -2.42. The Morgan fingerprint density at radius 1 is 1.32 bits per heavy atom. The van der Waals surface area contributed by atoms with Gasteiger partial charge in [-0.2, -0.15) is 0 Å². The summed E-state index contributed by atoms with van der Waals surface area (Å²) in [7, 11) is 0. The number of aryl methyl sites for hydroxylation is 1. The average Bonchev–Trinajstić information content (AvgIpc) is 2.35. The van der Waals surface area contributed by atoms with E-state index in [0.29, 0.717) is 12.1 Å². The summed E-state index contributed by atoms with van der Waals surface area (Å²) in [5, 5.41) is 9.45. The summed E-state index contributed by atoms with van der Waals surface area (Å²) in [6.45, 7) is 2.17. The van der Waals surface area contributed by atoms with E-state index in [1.165, 1.54) is 12.0 Å². The van der Waals surface area contributed by atoms with Crippen molar-refractivity contribution in [3.8, 4) is 0 Å². The molecule has 1 aromatic rings. The van der Waals surface area contributed by atoms with Crippen LogP contribution in [0.5, 0.6) is 0 Å². The second kappa shape index (κ2) is 5.11. The number of nitrogens with one attached hydrogen (secondary N) is 3. The van der Waals surface area contributed by atoms with Gasteiger partial charge in [0.15, 0.2) is 0 Å². The molecule has 3 rings (SSSR count). The summed E-state index contributed by atoms with van der Waals surface area (Å²) in [6, 6.07) is 6.85. The maximum Gasteiger partial charge on any atom is 0.319 e. The summed E-state index contributed by atoms with van der Waals surface area (Å²) in [4.78, 5) is 11.9. The lowest BCUT2D eigenvalue weighted by Gasteiger charge is -2.28. The van der Waals surface area contributed by atoms with Crippen LogP contribution in [0.4, 0.5) is 16.2 Å².